The summed E-state index contributed by atoms with van der Waals surface area (Å²) >= 11 is 0. The fraction of sp³-hybridized carbons (Fsp3) is 0.500. The van der Waals surface area contributed by atoms with E-state index in [1.807, 2.05) is 25.1 Å². The van der Waals surface area contributed by atoms with Gasteiger partial charge in [-0.05, 0) is 43.5 Å². The number of nitriles is 1. The van der Waals surface area contributed by atoms with Crippen molar-refractivity contribution < 1.29 is 9.47 Å². The van der Waals surface area contributed by atoms with Gasteiger partial charge >= 0.3 is 0 Å². The van der Waals surface area contributed by atoms with Gasteiger partial charge < -0.3 is 15.2 Å². The van der Waals surface area contributed by atoms with Crippen LogP contribution in [0, 0.1) is 11.3 Å². The Morgan fingerprint density at radius 2 is 2.17 bits per heavy atom. The Labute approximate surface area is 108 Å². The molecule has 0 heterocycles. The van der Waals surface area contributed by atoms with Crippen molar-refractivity contribution in [3.63, 3.8) is 0 Å². The zero-order chi connectivity index (χ0) is 13.5. The van der Waals surface area contributed by atoms with Gasteiger partial charge in [0.05, 0.1) is 7.11 Å². The lowest BCUT2D eigenvalue weighted by Gasteiger charge is -2.16. The molecule has 1 aromatic rings. The molecule has 2 unspecified atom stereocenters. The second-order valence-electron chi connectivity index (χ2n) is 4.24. The summed E-state index contributed by atoms with van der Waals surface area (Å²) in [5, 5.41) is 8.79. The standard InChI is InChI=1S/C14H20N2O2/c1-4-12(16)7-11-8-13(17-3)5-6-14(11)18-10(2)9-15/h5-6,8,10,12H,4,7,16H2,1-3H3. The van der Waals surface area contributed by atoms with E-state index in [1.165, 1.54) is 0 Å². The normalized spacial score (nSPS) is 13.5. The quantitative estimate of drug-likeness (QED) is 0.838. The Kier molecular flexibility index (Phi) is 5.47. The second-order valence-corrected chi connectivity index (χ2v) is 4.24. The van der Waals surface area contributed by atoms with Crippen molar-refractivity contribution >= 4 is 0 Å². The molecular formula is C14H20N2O2. The van der Waals surface area contributed by atoms with Crippen molar-refractivity contribution in [2.24, 2.45) is 5.73 Å². The van der Waals surface area contributed by atoms with Crippen LogP contribution in [0.1, 0.15) is 25.8 Å². The highest BCUT2D eigenvalue weighted by atomic mass is 16.5. The number of rotatable bonds is 6. The molecule has 0 aliphatic rings. The number of hydrogen-bond donors (Lipinski definition) is 1. The third kappa shape index (κ3) is 3.94. The molecule has 4 heteroatoms. The van der Waals surface area contributed by atoms with Gasteiger partial charge in [-0.15, -0.1) is 0 Å². The Hall–Kier alpha value is -1.73. The maximum absolute atomic E-state index is 8.79. The maximum Gasteiger partial charge on any atom is 0.181 e. The lowest BCUT2D eigenvalue weighted by Crippen LogP contribution is -2.22. The van der Waals surface area contributed by atoms with Crippen LogP contribution in [0.3, 0.4) is 0 Å². The van der Waals surface area contributed by atoms with Crippen molar-refractivity contribution in [1.29, 1.82) is 5.26 Å². The van der Waals surface area contributed by atoms with Crippen LogP contribution in [0.5, 0.6) is 11.5 Å². The summed E-state index contributed by atoms with van der Waals surface area (Å²) in [5.74, 6) is 1.47. The van der Waals surface area contributed by atoms with Gasteiger partial charge in [0.25, 0.3) is 0 Å². The Morgan fingerprint density at radius 1 is 1.44 bits per heavy atom. The van der Waals surface area contributed by atoms with E-state index in [2.05, 4.69) is 6.07 Å². The number of nitrogens with zero attached hydrogens (tertiary/aromatic N) is 1. The Balaban J connectivity index is 2.97. The summed E-state index contributed by atoms with van der Waals surface area (Å²) in [7, 11) is 1.62. The van der Waals surface area contributed by atoms with Crippen LogP contribution < -0.4 is 15.2 Å². The lowest BCUT2D eigenvalue weighted by atomic mass is 10.0. The smallest absolute Gasteiger partial charge is 0.181 e. The first-order valence-corrected chi connectivity index (χ1v) is 6.09. The van der Waals surface area contributed by atoms with Gasteiger partial charge in [-0.3, -0.25) is 0 Å². The molecule has 4 nitrogen and oxygen atoms in total. The number of ether oxygens (including phenoxy) is 2. The molecule has 0 radical (unpaired) electrons. The van der Waals surface area contributed by atoms with Crippen molar-refractivity contribution in [3.8, 4) is 17.6 Å². The van der Waals surface area contributed by atoms with Crippen LogP contribution in [0.2, 0.25) is 0 Å². The highest BCUT2D eigenvalue weighted by Crippen LogP contribution is 2.26. The minimum Gasteiger partial charge on any atom is -0.497 e. The van der Waals surface area contributed by atoms with E-state index >= 15 is 0 Å². The zero-order valence-corrected chi connectivity index (χ0v) is 11.1. The third-order valence-corrected chi connectivity index (χ3v) is 2.76. The molecule has 0 fully saturated rings. The summed E-state index contributed by atoms with van der Waals surface area (Å²) < 4.78 is 10.8. The summed E-state index contributed by atoms with van der Waals surface area (Å²) in [5.41, 5.74) is 6.94. The number of hydrogen-bond acceptors (Lipinski definition) is 4. The van der Waals surface area contributed by atoms with Gasteiger partial charge in [0.1, 0.15) is 17.6 Å². The van der Waals surface area contributed by atoms with Crippen LogP contribution >= 0.6 is 0 Å². The van der Waals surface area contributed by atoms with Crippen molar-refractivity contribution in [1.82, 2.24) is 0 Å². The molecule has 1 rings (SSSR count). The van der Waals surface area contributed by atoms with Crippen LogP contribution in [0.15, 0.2) is 18.2 Å². The van der Waals surface area contributed by atoms with E-state index in [4.69, 9.17) is 20.5 Å². The first-order chi connectivity index (χ1) is 8.60. The van der Waals surface area contributed by atoms with Crippen molar-refractivity contribution in [3.05, 3.63) is 23.8 Å². The van der Waals surface area contributed by atoms with Gasteiger partial charge in [0, 0.05) is 6.04 Å². The molecule has 2 atom stereocenters. The maximum atomic E-state index is 8.79. The third-order valence-electron chi connectivity index (χ3n) is 2.76. The van der Waals surface area contributed by atoms with E-state index in [1.54, 1.807) is 14.0 Å². The first kappa shape index (κ1) is 14.3. The number of benzene rings is 1. The predicted octanol–water partition coefficient (Wildman–Crippen LogP) is 2.27. The van der Waals surface area contributed by atoms with E-state index in [-0.39, 0.29) is 6.04 Å². The van der Waals surface area contributed by atoms with Gasteiger partial charge in [-0.25, -0.2) is 0 Å². The SMILES string of the molecule is CCC(N)Cc1cc(OC)ccc1OC(C)C#N. The molecule has 0 bridgehead atoms. The average Bonchev–Trinajstić information content (AvgIpc) is 2.40. The van der Waals surface area contributed by atoms with Gasteiger partial charge in [0.15, 0.2) is 6.10 Å². The molecule has 0 saturated carbocycles. The molecule has 0 amide bonds. The Morgan fingerprint density at radius 3 is 2.72 bits per heavy atom. The fourth-order valence-electron chi connectivity index (χ4n) is 1.60. The minimum absolute atomic E-state index is 0.0804. The molecule has 18 heavy (non-hydrogen) atoms. The van der Waals surface area contributed by atoms with Gasteiger partial charge in [0.2, 0.25) is 0 Å². The molecular weight excluding hydrogens is 228 g/mol. The Bertz CT molecular complexity index is 426. The van der Waals surface area contributed by atoms with E-state index in [0.717, 1.165) is 17.7 Å². The van der Waals surface area contributed by atoms with Crippen molar-refractivity contribution in [2.45, 2.75) is 38.8 Å². The van der Waals surface area contributed by atoms with Crippen LogP contribution in [0.4, 0.5) is 0 Å². The molecule has 2 N–H and O–H groups in total. The molecule has 0 aliphatic carbocycles. The zero-order valence-electron chi connectivity index (χ0n) is 11.1. The molecule has 0 spiro atoms. The first-order valence-electron chi connectivity index (χ1n) is 6.09. The van der Waals surface area contributed by atoms with E-state index < -0.39 is 6.10 Å². The topological polar surface area (TPSA) is 68.3 Å². The van der Waals surface area contributed by atoms with Crippen LogP contribution in [0.25, 0.3) is 0 Å². The second kappa shape index (κ2) is 6.87. The summed E-state index contributed by atoms with van der Waals surface area (Å²) in [6.07, 6.45) is 1.13. The lowest BCUT2D eigenvalue weighted by molar-refractivity contribution is 0.272. The molecule has 98 valence electrons. The van der Waals surface area contributed by atoms with E-state index in [9.17, 15) is 0 Å². The van der Waals surface area contributed by atoms with E-state index in [0.29, 0.717) is 12.2 Å². The molecule has 0 aromatic heterocycles. The number of nitrogens with two attached hydrogens (primary N) is 1. The summed E-state index contributed by atoms with van der Waals surface area (Å²) in [6.45, 7) is 3.76. The van der Waals surface area contributed by atoms with Crippen molar-refractivity contribution in [2.75, 3.05) is 7.11 Å². The average molecular weight is 248 g/mol. The minimum atomic E-state index is -0.477. The highest BCUT2D eigenvalue weighted by Gasteiger charge is 2.11. The van der Waals surface area contributed by atoms with Gasteiger partial charge in [-0.2, -0.15) is 5.26 Å². The molecule has 1 aromatic carbocycles. The molecule has 0 saturated heterocycles. The summed E-state index contributed by atoms with van der Waals surface area (Å²) in [6, 6.07) is 7.69. The predicted molar refractivity (Wildman–Crippen MR) is 70.7 cm³/mol. The summed E-state index contributed by atoms with van der Waals surface area (Å²) in [4.78, 5) is 0. The van der Waals surface area contributed by atoms with Gasteiger partial charge in [-0.1, -0.05) is 6.92 Å². The molecule has 0 aliphatic heterocycles. The fourth-order valence-corrected chi connectivity index (χ4v) is 1.60. The van der Waals surface area contributed by atoms with Crippen LogP contribution in [-0.2, 0) is 6.42 Å². The highest BCUT2D eigenvalue weighted by molar-refractivity contribution is 5.41. The monoisotopic (exact) mass is 248 g/mol. The number of methoxy groups -OCH3 is 1. The largest absolute Gasteiger partial charge is 0.497 e. The van der Waals surface area contributed by atoms with Crippen LogP contribution in [-0.4, -0.2) is 19.3 Å².